The SMILES string of the molecule is COc1cc(-c2nccc(-c3cccc(Nc4cccc(CN5CC6(CCC(=O)N6)C5)c4F)c3Cl)c2Cl)ccc1CNC[C@@H]1CCC(=O)N1. The average Bonchev–Trinajstić information content (AvgIpc) is 3.69. The van der Waals surface area contributed by atoms with Crippen LogP contribution in [0.3, 0.4) is 0 Å². The maximum atomic E-state index is 15.8. The van der Waals surface area contributed by atoms with Crippen molar-refractivity contribution in [3.05, 3.63) is 93.8 Å². The molecule has 3 fully saturated rings. The zero-order chi connectivity index (χ0) is 34.1. The number of aromatic nitrogens is 1. The molecule has 0 unspecified atom stereocenters. The first-order valence-corrected chi connectivity index (χ1v) is 17.2. The third-order valence-corrected chi connectivity index (χ3v) is 10.3. The quantitative estimate of drug-likeness (QED) is 0.142. The number of halogens is 3. The van der Waals surface area contributed by atoms with Crippen molar-refractivity contribution in [1.29, 1.82) is 0 Å². The highest BCUT2D eigenvalue weighted by atomic mass is 35.5. The summed E-state index contributed by atoms with van der Waals surface area (Å²) in [5.41, 5.74) is 4.95. The summed E-state index contributed by atoms with van der Waals surface area (Å²) >= 11 is 14.0. The van der Waals surface area contributed by atoms with Crippen LogP contribution in [0.5, 0.6) is 5.75 Å². The first kappa shape index (κ1) is 33.3. The van der Waals surface area contributed by atoms with Crippen LogP contribution in [-0.4, -0.2) is 60.0 Å². The van der Waals surface area contributed by atoms with Gasteiger partial charge in [-0.1, -0.05) is 59.6 Å². The summed E-state index contributed by atoms with van der Waals surface area (Å²) in [5, 5.41) is 13.5. The number of likely N-dealkylation sites (tertiary alicyclic amines) is 1. The second-order valence-corrected chi connectivity index (χ2v) is 13.8. The van der Waals surface area contributed by atoms with Crippen molar-refractivity contribution in [2.24, 2.45) is 0 Å². The van der Waals surface area contributed by atoms with Crippen molar-refractivity contribution in [3.63, 3.8) is 0 Å². The van der Waals surface area contributed by atoms with E-state index in [-0.39, 0.29) is 29.2 Å². The third-order valence-electron chi connectivity index (χ3n) is 9.56. The third kappa shape index (κ3) is 6.96. The number of ether oxygens (including phenoxy) is 1. The van der Waals surface area contributed by atoms with Crippen LogP contribution in [-0.2, 0) is 22.7 Å². The Morgan fingerprint density at radius 3 is 2.53 bits per heavy atom. The van der Waals surface area contributed by atoms with Crippen molar-refractivity contribution >= 4 is 46.4 Å². The van der Waals surface area contributed by atoms with Gasteiger partial charge in [-0.05, 0) is 37.1 Å². The number of anilines is 2. The van der Waals surface area contributed by atoms with Gasteiger partial charge >= 0.3 is 0 Å². The van der Waals surface area contributed by atoms with Crippen LogP contribution in [0.2, 0.25) is 10.0 Å². The van der Waals surface area contributed by atoms with Gasteiger partial charge in [0.2, 0.25) is 11.8 Å². The fourth-order valence-corrected chi connectivity index (χ4v) is 7.65. The van der Waals surface area contributed by atoms with E-state index in [0.29, 0.717) is 82.0 Å². The number of benzene rings is 3. The molecule has 1 spiro atoms. The average molecular weight is 704 g/mol. The molecule has 3 aliphatic rings. The van der Waals surface area contributed by atoms with Gasteiger partial charge in [-0.2, -0.15) is 0 Å². The van der Waals surface area contributed by atoms with Gasteiger partial charge in [0.25, 0.3) is 0 Å². The van der Waals surface area contributed by atoms with E-state index in [2.05, 4.69) is 31.2 Å². The summed E-state index contributed by atoms with van der Waals surface area (Å²) in [5.74, 6) is 0.531. The predicted octanol–water partition coefficient (Wildman–Crippen LogP) is 6.45. The van der Waals surface area contributed by atoms with E-state index in [4.69, 9.17) is 27.9 Å². The fraction of sp³-hybridized carbons (Fsp3) is 0.324. The molecule has 1 aromatic heterocycles. The smallest absolute Gasteiger partial charge is 0.220 e. The highest BCUT2D eigenvalue weighted by Crippen LogP contribution is 2.42. The van der Waals surface area contributed by atoms with Crippen LogP contribution in [0.25, 0.3) is 22.4 Å². The molecule has 3 saturated heterocycles. The Balaban J connectivity index is 1.07. The number of carbonyl (C=O) groups is 2. The lowest BCUT2D eigenvalue weighted by Gasteiger charge is -2.48. The predicted molar refractivity (Wildman–Crippen MR) is 190 cm³/mol. The lowest BCUT2D eigenvalue weighted by atomic mass is 9.88. The molecular formula is C37H37Cl2FN6O3. The maximum absolute atomic E-state index is 15.8. The number of nitrogens with zero attached hydrogens (tertiary/aromatic N) is 2. The van der Waals surface area contributed by atoms with E-state index >= 15 is 4.39 Å². The standard InChI is InChI=1S/C37H37Cl2FN6O3/c1-49-30-16-22(8-9-23(30)17-41-18-25-10-11-31(47)43-25)36-34(39)27(13-15-42-36)26-5-3-6-28(33(26)38)44-29-7-2-4-24(35(29)40)19-46-20-37(21-46)14-12-32(48)45-37/h2-9,13,15-16,25,41,44H,10-12,14,17-21H2,1H3,(H,43,47)(H,45,48)/t25-/m0/s1. The largest absolute Gasteiger partial charge is 0.496 e. The summed E-state index contributed by atoms with van der Waals surface area (Å²) in [6.07, 6.45) is 4.47. The van der Waals surface area contributed by atoms with E-state index in [9.17, 15) is 9.59 Å². The Kier molecular flexibility index (Phi) is 9.48. The number of hydrogen-bond donors (Lipinski definition) is 4. The molecule has 0 radical (unpaired) electrons. The fourth-order valence-electron chi connectivity index (χ4n) is 7.06. The van der Waals surface area contributed by atoms with E-state index < -0.39 is 0 Å². The molecule has 3 aliphatic heterocycles. The Hall–Kier alpha value is -4.22. The van der Waals surface area contributed by atoms with Gasteiger partial charge < -0.3 is 26.0 Å². The molecule has 0 saturated carbocycles. The van der Waals surface area contributed by atoms with E-state index in [1.54, 1.807) is 31.5 Å². The minimum absolute atomic E-state index is 0.0901. The summed E-state index contributed by atoms with van der Waals surface area (Å²) in [6, 6.07) is 18.6. The number of hydrogen-bond acceptors (Lipinski definition) is 7. The molecule has 1 atom stereocenters. The van der Waals surface area contributed by atoms with Crippen LogP contribution >= 0.6 is 23.2 Å². The van der Waals surface area contributed by atoms with Gasteiger partial charge in [-0.3, -0.25) is 19.5 Å². The normalized spacial score (nSPS) is 18.3. The van der Waals surface area contributed by atoms with Crippen molar-refractivity contribution in [2.75, 3.05) is 32.1 Å². The van der Waals surface area contributed by atoms with Crippen molar-refractivity contribution < 1.29 is 18.7 Å². The number of carbonyl (C=O) groups excluding carboxylic acids is 2. The van der Waals surface area contributed by atoms with Gasteiger partial charge in [-0.15, -0.1) is 0 Å². The van der Waals surface area contributed by atoms with E-state index in [0.717, 1.165) is 37.1 Å². The highest BCUT2D eigenvalue weighted by Gasteiger charge is 2.47. The van der Waals surface area contributed by atoms with E-state index in [1.165, 1.54) is 0 Å². The zero-order valence-corrected chi connectivity index (χ0v) is 28.6. The number of methoxy groups -OCH3 is 1. The molecule has 0 aliphatic carbocycles. The molecule has 4 N–H and O–H groups in total. The van der Waals surface area contributed by atoms with Crippen LogP contribution in [0.4, 0.5) is 15.8 Å². The molecule has 4 heterocycles. The van der Waals surface area contributed by atoms with Gasteiger partial charge in [0, 0.05) is 85.6 Å². The summed E-state index contributed by atoms with van der Waals surface area (Å²) in [4.78, 5) is 29.9. The first-order valence-electron chi connectivity index (χ1n) is 16.4. The molecular weight excluding hydrogens is 666 g/mol. The Morgan fingerprint density at radius 2 is 1.78 bits per heavy atom. The van der Waals surface area contributed by atoms with Gasteiger partial charge in [-0.25, -0.2) is 4.39 Å². The second kappa shape index (κ2) is 14.0. The number of amides is 2. The molecule has 49 heavy (non-hydrogen) atoms. The van der Waals surface area contributed by atoms with Crippen molar-refractivity contribution in [1.82, 2.24) is 25.8 Å². The van der Waals surface area contributed by atoms with Crippen LogP contribution in [0.1, 0.15) is 36.8 Å². The molecule has 4 aromatic rings. The lowest BCUT2D eigenvalue weighted by molar-refractivity contribution is -0.121. The summed E-state index contributed by atoms with van der Waals surface area (Å²) in [6.45, 7) is 3.14. The summed E-state index contributed by atoms with van der Waals surface area (Å²) < 4.78 is 21.5. The summed E-state index contributed by atoms with van der Waals surface area (Å²) in [7, 11) is 1.62. The van der Waals surface area contributed by atoms with Crippen LogP contribution < -0.4 is 26.0 Å². The van der Waals surface area contributed by atoms with Gasteiger partial charge in [0.05, 0.1) is 39.8 Å². The molecule has 9 nitrogen and oxygen atoms in total. The van der Waals surface area contributed by atoms with Crippen molar-refractivity contribution in [2.45, 2.75) is 50.4 Å². The Morgan fingerprint density at radius 1 is 0.980 bits per heavy atom. The van der Waals surface area contributed by atoms with Crippen molar-refractivity contribution in [3.8, 4) is 28.1 Å². The monoisotopic (exact) mass is 702 g/mol. The second-order valence-electron chi connectivity index (χ2n) is 13.0. The number of pyridine rings is 1. The molecule has 3 aromatic carbocycles. The van der Waals surface area contributed by atoms with Gasteiger partial charge in [0.15, 0.2) is 5.82 Å². The Bertz CT molecular complexity index is 1920. The highest BCUT2D eigenvalue weighted by molar-refractivity contribution is 6.39. The maximum Gasteiger partial charge on any atom is 0.220 e. The van der Waals surface area contributed by atoms with Crippen LogP contribution in [0, 0.1) is 5.82 Å². The molecule has 2 amide bonds. The Labute approximate surface area is 294 Å². The molecule has 254 valence electrons. The van der Waals surface area contributed by atoms with E-state index in [1.807, 2.05) is 42.5 Å². The number of nitrogens with one attached hydrogen (secondary N) is 4. The lowest BCUT2D eigenvalue weighted by Crippen LogP contribution is -2.66. The molecule has 7 rings (SSSR count). The minimum atomic E-state index is -0.345. The first-order chi connectivity index (χ1) is 23.7. The topological polar surface area (TPSA) is 108 Å². The molecule has 0 bridgehead atoms. The van der Waals surface area contributed by atoms with Crippen LogP contribution in [0.15, 0.2) is 66.9 Å². The molecule has 12 heteroatoms. The van der Waals surface area contributed by atoms with Gasteiger partial charge in [0.1, 0.15) is 5.75 Å². The number of rotatable bonds is 11. The minimum Gasteiger partial charge on any atom is -0.496 e. The zero-order valence-electron chi connectivity index (χ0n) is 27.0.